The van der Waals surface area contributed by atoms with E-state index in [0.29, 0.717) is 5.75 Å². The third-order valence-electron chi connectivity index (χ3n) is 5.41. The van der Waals surface area contributed by atoms with Crippen LogP contribution in [0, 0.1) is 13.8 Å². The van der Waals surface area contributed by atoms with Crippen molar-refractivity contribution >= 4 is 21.8 Å². The summed E-state index contributed by atoms with van der Waals surface area (Å²) in [5, 5.41) is 12.5. The van der Waals surface area contributed by atoms with Crippen LogP contribution in [0.15, 0.2) is 42.6 Å². The van der Waals surface area contributed by atoms with Crippen LogP contribution in [0.1, 0.15) is 17.5 Å². The van der Waals surface area contributed by atoms with E-state index in [0.717, 1.165) is 30.4 Å². The number of phenols is 1. The molecule has 120 valence electrons. The van der Waals surface area contributed by atoms with E-state index in [1.165, 1.54) is 33.3 Å². The third kappa shape index (κ3) is 1.67. The number of hydrogen-bond donors (Lipinski definition) is 1. The lowest BCUT2D eigenvalue weighted by Gasteiger charge is -2.19. The lowest BCUT2D eigenvalue weighted by Crippen LogP contribution is -2.09. The fourth-order valence-corrected chi connectivity index (χ4v) is 4.30. The second-order valence-corrected chi connectivity index (χ2v) is 6.90. The highest BCUT2D eigenvalue weighted by Gasteiger charge is 2.22. The quantitative estimate of drug-likeness (QED) is 0.487. The zero-order chi connectivity index (χ0) is 16.4. The lowest BCUT2D eigenvalue weighted by atomic mass is 10.0. The number of aryl methyl sites for hydroxylation is 4. The number of hydrogen-bond acceptors (Lipinski definition) is 1. The molecule has 2 aromatic heterocycles. The molecule has 1 aliphatic heterocycles. The Balaban J connectivity index is 1.98. The van der Waals surface area contributed by atoms with Gasteiger partial charge in [0.05, 0.1) is 11.2 Å². The fraction of sp³-hybridized carbons (Fsp3) is 0.238. The van der Waals surface area contributed by atoms with Gasteiger partial charge in [-0.1, -0.05) is 12.1 Å². The van der Waals surface area contributed by atoms with Crippen LogP contribution in [0.5, 0.6) is 5.75 Å². The molecule has 0 fully saturated rings. The third-order valence-corrected chi connectivity index (χ3v) is 5.41. The molecule has 0 spiro atoms. The van der Waals surface area contributed by atoms with Crippen molar-refractivity contribution in [3.8, 4) is 17.0 Å². The molecular formula is C21H20N2O. The van der Waals surface area contributed by atoms with Gasteiger partial charge in [0.15, 0.2) is 0 Å². The Hall–Kier alpha value is -2.68. The van der Waals surface area contributed by atoms with Crippen molar-refractivity contribution in [2.45, 2.75) is 33.4 Å². The van der Waals surface area contributed by atoms with Gasteiger partial charge < -0.3 is 14.2 Å². The van der Waals surface area contributed by atoms with E-state index < -0.39 is 0 Å². The number of rotatable bonds is 0. The highest BCUT2D eigenvalue weighted by molar-refractivity contribution is 6.02. The molecule has 1 aliphatic rings. The number of phenolic OH excluding ortho intramolecular Hbond substituents is 1. The Morgan fingerprint density at radius 2 is 1.83 bits per heavy atom. The monoisotopic (exact) mass is 316 g/mol. The molecule has 1 N–H and O–H groups in total. The van der Waals surface area contributed by atoms with Gasteiger partial charge in [0.25, 0.3) is 0 Å². The molecule has 0 saturated carbocycles. The van der Waals surface area contributed by atoms with Gasteiger partial charge in [-0.2, -0.15) is 0 Å². The van der Waals surface area contributed by atoms with Gasteiger partial charge >= 0.3 is 0 Å². The fourth-order valence-electron chi connectivity index (χ4n) is 4.30. The van der Waals surface area contributed by atoms with Crippen LogP contribution in [0.2, 0.25) is 0 Å². The summed E-state index contributed by atoms with van der Waals surface area (Å²) in [6.45, 7) is 6.37. The normalized spacial score (nSPS) is 13.9. The van der Waals surface area contributed by atoms with E-state index >= 15 is 0 Å². The van der Waals surface area contributed by atoms with E-state index in [-0.39, 0.29) is 0 Å². The van der Waals surface area contributed by atoms with Gasteiger partial charge in [0.1, 0.15) is 5.75 Å². The van der Waals surface area contributed by atoms with Crippen LogP contribution in [0.25, 0.3) is 33.1 Å². The maximum absolute atomic E-state index is 10.3. The standard InChI is InChI=1S/C21H20N2O/c1-13-4-5-15-14(2)20-17-6-7-19(24)16-8-11-22(21(16)17)9-3-10-23(20)18(15)12-13/h4-8,11-12,24H,3,9-10H2,1-2H3. The molecule has 3 nitrogen and oxygen atoms in total. The highest BCUT2D eigenvalue weighted by Crippen LogP contribution is 2.41. The average molecular weight is 316 g/mol. The predicted octanol–water partition coefficient (Wildman–Crippen LogP) is 4.99. The van der Waals surface area contributed by atoms with Gasteiger partial charge in [-0.3, -0.25) is 0 Å². The Bertz CT molecular complexity index is 1110. The summed E-state index contributed by atoms with van der Waals surface area (Å²) < 4.78 is 4.76. The van der Waals surface area contributed by atoms with Crippen molar-refractivity contribution in [2.75, 3.05) is 0 Å². The first kappa shape index (κ1) is 13.7. The molecule has 0 aliphatic carbocycles. The van der Waals surface area contributed by atoms with Crippen LogP contribution >= 0.6 is 0 Å². The molecule has 5 rings (SSSR count). The van der Waals surface area contributed by atoms with Crippen LogP contribution in [-0.2, 0) is 13.1 Å². The molecule has 0 atom stereocenters. The van der Waals surface area contributed by atoms with Crippen LogP contribution in [0.4, 0.5) is 0 Å². The van der Waals surface area contributed by atoms with Crippen LogP contribution < -0.4 is 0 Å². The Kier molecular flexibility index (Phi) is 2.67. The summed E-state index contributed by atoms with van der Waals surface area (Å²) in [5.74, 6) is 0.365. The summed E-state index contributed by atoms with van der Waals surface area (Å²) in [7, 11) is 0. The highest BCUT2D eigenvalue weighted by atomic mass is 16.3. The predicted molar refractivity (Wildman–Crippen MR) is 98.6 cm³/mol. The van der Waals surface area contributed by atoms with Gasteiger partial charge in [0.2, 0.25) is 0 Å². The van der Waals surface area contributed by atoms with Gasteiger partial charge in [-0.25, -0.2) is 0 Å². The summed E-state index contributed by atoms with van der Waals surface area (Å²) in [6, 6.07) is 12.7. The first-order valence-electron chi connectivity index (χ1n) is 8.56. The van der Waals surface area contributed by atoms with E-state index in [9.17, 15) is 5.11 Å². The molecule has 3 heteroatoms. The minimum atomic E-state index is 0.365. The van der Waals surface area contributed by atoms with Gasteiger partial charge in [-0.15, -0.1) is 0 Å². The summed E-state index contributed by atoms with van der Waals surface area (Å²) in [6.07, 6.45) is 3.19. The largest absolute Gasteiger partial charge is 0.507 e. The van der Waals surface area contributed by atoms with E-state index in [1.54, 1.807) is 0 Å². The summed E-state index contributed by atoms with van der Waals surface area (Å²) >= 11 is 0. The summed E-state index contributed by atoms with van der Waals surface area (Å²) in [5.41, 5.74) is 7.61. The van der Waals surface area contributed by atoms with Crippen molar-refractivity contribution < 1.29 is 5.11 Å². The van der Waals surface area contributed by atoms with Crippen LogP contribution in [-0.4, -0.2) is 14.2 Å². The molecule has 3 heterocycles. The zero-order valence-electron chi connectivity index (χ0n) is 14.0. The minimum Gasteiger partial charge on any atom is -0.507 e. The second-order valence-electron chi connectivity index (χ2n) is 6.90. The van der Waals surface area contributed by atoms with Crippen molar-refractivity contribution in [1.29, 1.82) is 0 Å². The van der Waals surface area contributed by atoms with Gasteiger partial charge in [-0.05, 0) is 55.7 Å². The van der Waals surface area contributed by atoms with Crippen LogP contribution in [0.3, 0.4) is 0 Å². The molecule has 0 bridgehead atoms. The van der Waals surface area contributed by atoms with Crippen molar-refractivity contribution in [3.05, 3.63) is 53.7 Å². The number of aromatic hydroxyl groups is 1. The number of fused-ring (bicyclic) bond motifs is 4. The molecule has 24 heavy (non-hydrogen) atoms. The minimum absolute atomic E-state index is 0.365. The zero-order valence-corrected chi connectivity index (χ0v) is 14.0. The van der Waals surface area contributed by atoms with Gasteiger partial charge in [0, 0.05) is 41.1 Å². The van der Waals surface area contributed by atoms with E-state index in [4.69, 9.17) is 0 Å². The Morgan fingerprint density at radius 1 is 0.958 bits per heavy atom. The average Bonchev–Trinajstić information content (AvgIpc) is 3.08. The molecule has 0 saturated heterocycles. The SMILES string of the molecule is Cc1ccc2c(C)c3n(c2c1)CCCn1ccc2c(O)ccc-3c21. The maximum atomic E-state index is 10.3. The van der Waals surface area contributed by atoms with Crippen molar-refractivity contribution in [2.24, 2.45) is 0 Å². The first-order valence-corrected chi connectivity index (χ1v) is 8.56. The van der Waals surface area contributed by atoms with E-state index in [1.807, 2.05) is 12.1 Å². The molecule has 0 amide bonds. The lowest BCUT2D eigenvalue weighted by molar-refractivity contribution is 0.481. The van der Waals surface area contributed by atoms with Crippen molar-refractivity contribution in [1.82, 2.24) is 9.13 Å². The molecule has 0 unspecified atom stereocenters. The summed E-state index contributed by atoms with van der Waals surface area (Å²) in [4.78, 5) is 0. The molecular weight excluding hydrogens is 296 g/mol. The maximum Gasteiger partial charge on any atom is 0.124 e. The Morgan fingerprint density at radius 3 is 2.71 bits per heavy atom. The smallest absolute Gasteiger partial charge is 0.124 e. The van der Waals surface area contributed by atoms with E-state index in [2.05, 4.69) is 53.4 Å². The number of aromatic nitrogens is 2. The molecule has 0 radical (unpaired) electrons. The first-order chi connectivity index (χ1) is 11.6. The number of nitrogens with zero attached hydrogens (tertiary/aromatic N) is 2. The topological polar surface area (TPSA) is 30.1 Å². The van der Waals surface area contributed by atoms with Crippen molar-refractivity contribution in [3.63, 3.8) is 0 Å². The molecule has 4 aromatic rings. The second kappa shape index (κ2) is 4.67. The Labute approximate surface area is 140 Å². The molecule has 2 aromatic carbocycles. The number of benzene rings is 2.